The van der Waals surface area contributed by atoms with Crippen molar-refractivity contribution >= 4 is 11.7 Å². The van der Waals surface area contributed by atoms with Gasteiger partial charge in [0.05, 0.1) is 18.8 Å². The second kappa shape index (κ2) is 7.00. The number of piperidine rings is 1. The summed E-state index contributed by atoms with van der Waals surface area (Å²) >= 11 is 0. The molecule has 1 amide bonds. The zero-order valence-electron chi connectivity index (χ0n) is 14.7. The van der Waals surface area contributed by atoms with Crippen LogP contribution in [0.4, 0.5) is 5.82 Å². The summed E-state index contributed by atoms with van der Waals surface area (Å²) in [5, 5.41) is 14.6. The van der Waals surface area contributed by atoms with E-state index in [-0.39, 0.29) is 5.91 Å². The molecule has 0 spiro atoms. The fourth-order valence-corrected chi connectivity index (χ4v) is 3.85. The highest BCUT2D eigenvalue weighted by Crippen LogP contribution is 2.40. The van der Waals surface area contributed by atoms with Crippen LogP contribution in [0.2, 0.25) is 0 Å². The van der Waals surface area contributed by atoms with Crippen LogP contribution >= 0.6 is 0 Å². The Labute approximate surface area is 147 Å². The Kier molecular flexibility index (Phi) is 4.57. The van der Waals surface area contributed by atoms with Gasteiger partial charge in [-0.25, -0.2) is 4.68 Å². The van der Waals surface area contributed by atoms with Crippen molar-refractivity contribution in [2.45, 2.75) is 44.6 Å². The van der Waals surface area contributed by atoms with Crippen LogP contribution < -0.4 is 5.32 Å². The van der Waals surface area contributed by atoms with E-state index in [0.717, 1.165) is 31.7 Å². The molecule has 25 heavy (non-hydrogen) atoms. The zero-order chi connectivity index (χ0) is 17.2. The maximum atomic E-state index is 12.5. The molecule has 7 heteroatoms. The van der Waals surface area contributed by atoms with E-state index in [1.165, 1.54) is 18.5 Å². The first-order valence-corrected chi connectivity index (χ1v) is 9.25. The summed E-state index contributed by atoms with van der Waals surface area (Å²) in [6.45, 7) is 4.47. The first-order chi connectivity index (χ1) is 12.2. The number of amides is 1. The molecule has 2 N–H and O–H groups in total. The van der Waals surface area contributed by atoms with Gasteiger partial charge in [-0.05, 0) is 51.1 Å². The molecular weight excluding hydrogens is 316 g/mol. The Hall–Kier alpha value is -2.15. The molecule has 1 aliphatic carbocycles. The van der Waals surface area contributed by atoms with Gasteiger partial charge >= 0.3 is 0 Å². The van der Waals surface area contributed by atoms with Crippen LogP contribution in [-0.2, 0) is 4.79 Å². The van der Waals surface area contributed by atoms with Crippen LogP contribution in [0.15, 0.2) is 24.5 Å². The van der Waals surface area contributed by atoms with E-state index >= 15 is 0 Å². The SMILES string of the molecule is C[C@@H](C1CC1)n1nccc1NC(=O)CN1CCC[C@@H](c2ccn[nH]2)C1. The quantitative estimate of drug-likeness (QED) is 0.845. The third-order valence-electron chi connectivity index (χ3n) is 5.46. The molecule has 1 saturated carbocycles. The predicted octanol–water partition coefficient (Wildman–Crippen LogP) is 2.40. The van der Waals surface area contributed by atoms with E-state index in [1.54, 1.807) is 12.4 Å². The lowest BCUT2D eigenvalue weighted by Crippen LogP contribution is -2.40. The molecule has 0 unspecified atom stereocenters. The molecule has 0 aromatic carbocycles. The summed E-state index contributed by atoms with van der Waals surface area (Å²) in [7, 11) is 0. The molecule has 2 aromatic rings. The van der Waals surface area contributed by atoms with E-state index in [2.05, 4.69) is 32.4 Å². The lowest BCUT2D eigenvalue weighted by Gasteiger charge is -2.31. The van der Waals surface area contributed by atoms with Gasteiger partial charge in [0.25, 0.3) is 0 Å². The molecule has 4 rings (SSSR count). The van der Waals surface area contributed by atoms with Gasteiger partial charge in [-0.15, -0.1) is 0 Å². The highest BCUT2D eigenvalue weighted by molar-refractivity contribution is 5.91. The maximum absolute atomic E-state index is 12.5. The second-order valence-corrected chi connectivity index (χ2v) is 7.37. The molecule has 2 aromatic heterocycles. The Balaban J connectivity index is 1.34. The summed E-state index contributed by atoms with van der Waals surface area (Å²) in [6, 6.07) is 4.27. The highest BCUT2D eigenvalue weighted by atomic mass is 16.2. The fraction of sp³-hybridized carbons (Fsp3) is 0.611. The molecule has 134 valence electrons. The third kappa shape index (κ3) is 3.76. The molecular formula is C18H26N6O. The van der Waals surface area contributed by atoms with Gasteiger partial charge in [-0.1, -0.05) is 0 Å². The number of aromatic nitrogens is 4. The number of likely N-dealkylation sites (tertiary alicyclic amines) is 1. The number of nitrogens with one attached hydrogen (secondary N) is 2. The summed E-state index contributed by atoms with van der Waals surface area (Å²) in [6.07, 6.45) is 8.33. The number of hydrogen-bond donors (Lipinski definition) is 2. The predicted molar refractivity (Wildman–Crippen MR) is 95.3 cm³/mol. The molecule has 0 radical (unpaired) electrons. The first-order valence-electron chi connectivity index (χ1n) is 9.25. The van der Waals surface area contributed by atoms with Crippen molar-refractivity contribution in [3.63, 3.8) is 0 Å². The number of carbonyl (C=O) groups is 1. The number of carbonyl (C=O) groups excluding carboxylic acids is 1. The van der Waals surface area contributed by atoms with Crippen LogP contribution in [0.5, 0.6) is 0 Å². The van der Waals surface area contributed by atoms with Crippen molar-refractivity contribution in [2.24, 2.45) is 5.92 Å². The summed E-state index contributed by atoms with van der Waals surface area (Å²) < 4.78 is 1.96. The molecule has 3 heterocycles. The monoisotopic (exact) mass is 342 g/mol. The highest BCUT2D eigenvalue weighted by Gasteiger charge is 2.31. The summed E-state index contributed by atoms with van der Waals surface area (Å²) in [4.78, 5) is 14.7. The lowest BCUT2D eigenvalue weighted by molar-refractivity contribution is -0.117. The maximum Gasteiger partial charge on any atom is 0.239 e. The Morgan fingerprint density at radius 1 is 1.36 bits per heavy atom. The molecule has 0 bridgehead atoms. The zero-order valence-corrected chi connectivity index (χ0v) is 14.7. The number of aromatic amines is 1. The first kappa shape index (κ1) is 16.3. The van der Waals surface area contributed by atoms with Crippen molar-refractivity contribution in [1.29, 1.82) is 0 Å². The van der Waals surface area contributed by atoms with Gasteiger partial charge in [0.1, 0.15) is 5.82 Å². The average Bonchev–Trinajstić information content (AvgIpc) is 3.12. The van der Waals surface area contributed by atoms with Crippen molar-refractivity contribution < 1.29 is 4.79 Å². The van der Waals surface area contributed by atoms with E-state index in [9.17, 15) is 4.79 Å². The van der Waals surface area contributed by atoms with Crippen LogP contribution in [0.1, 0.15) is 50.3 Å². The van der Waals surface area contributed by atoms with Crippen LogP contribution in [0.25, 0.3) is 0 Å². The molecule has 2 atom stereocenters. The number of anilines is 1. The second-order valence-electron chi connectivity index (χ2n) is 7.37. The number of nitrogens with zero attached hydrogens (tertiary/aromatic N) is 4. The Morgan fingerprint density at radius 2 is 2.24 bits per heavy atom. The minimum atomic E-state index is 0.0370. The van der Waals surface area contributed by atoms with Crippen molar-refractivity contribution in [1.82, 2.24) is 24.9 Å². The standard InChI is InChI=1S/C18H26N6O/c1-13(14-4-5-14)24-17(7-9-20-24)21-18(25)12-23-10-2-3-15(11-23)16-6-8-19-22-16/h6-9,13-15H,2-5,10-12H2,1H3,(H,19,22)(H,21,25)/t13-,15+/m0/s1. The largest absolute Gasteiger partial charge is 0.310 e. The van der Waals surface area contributed by atoms with Gasteiger partial charge in [-0.3, -0.25) is 14.8 Å². The smallest absolute Gasteiger partial charge is 0.239 e. The normalized spacial score (nSPS) is 22.7. The van der Waals surface area contributed by atoms with Crippen molar-refractivity contribution in [3.8, 4) is 0 Å². The van der Waals surface area contributed by atoms with Gasteiger partial charge in [0.15, 0.2) is 0 Å². The molecule has 1 aliphatic heterocycles. The molecule has 7 nitrogen and oxygen atoms in total. The molecule has 1 saturated heterocycles. The number of rotatable bonds is 6. The molecule has 2 fully saturated rings. The Morgan fingerprint density at radius 3 is 3.00 bits per heavy atom. The van der Waals surface area contributed by atoms with E-state index in [0.29, 0.717) is 24.4 Å². The van der Waals surface area contributed by atoms with Crippen molar-refractivity contribution in [3.05, 3.63) is 30.2 Å². The van der Waals surface area contributed by atoms with Gasteiger partial charge in [-0.2, -0.15) is 10.2 Å². The van der Waals surface area contributed by atoms with Gasteiger partial charge in [0.2, 0.25) is 5.91 Å². The number of hydrogen-bond acceptors (Lipinski definition) is 4. The number of H-pyrrole nitrogens is 1. The minimum absolute atomic E-state index is 0.0370. The van der Waals surface area contributed by atoms with Gasteiger partial charge < -0.3 is 5.32 Å². The van der Waals surface area contributed by atoms with E-state index in [4.69, 9.17) is 0 Å². The fourth-order valence-electron chi connectivity index (χ4n) is 3.85. The van der Waals surface area contributed by atoms with Crippen molar-refractivity contribution in [2.75, 3.05) is 25.0 Å². The average molecular weight is 342 g/mol. The topological polar surface area (TPSA) is 78.8 Å². The summed E-state index contributed by atoms with van der Waals surface area (Å²) in [5.41, 5.74) is 1.17. The van der Waals surface area contributed by atoms with E-state index in [1.807, 2.05) is 16.8 Å². The van der Waals surface area contributed by atoms with Crippen LogP contribution in [0.3, 0.4) is 0 Å². The minimum Gasteiger partial charge on any atom is -0.310 e. The van der Waals surface area contributed by atoms with Gasteiger partial charge in [0, 0.05) is 30.4 Å². The summed E-state index contributed by atoms with van der Waals surface area (Å²) in [5.74, 6) is 1.99. The Bertz CT molecular complexity index is 705. The van der Waals surface area contributed by atoms with Crippen LogP contribution in [0, 0.1) is 5.92 Å². The molecule has 2 aliphatic rings. The van der Waals surface area contributed by atoms with Crippen LogP contribution in [-0.4, -0.2) is 50.4 Å². The lowest BCUT2D eigenvalue weighted by atomic mass is 9.95. The van der Waals surface area contributed by atoms with E-state index < -0.39 is 0 Å². The third-order valence-corrected chi connectivity index (χ3v) is 5.46.